The van der Waals surface area contributed by atoms with Crippen molar-refractivity contribution in [3.05, 3.63) is 20.8 Å². The fourth-order valence-corrected chi connectivity index (χ4v) is 2.40. The predicted octanol–water partition coefficient (Wildman–Crippen LogP) is 3.17. The summed E-state index contributed by atoms with van der Waals surface area (Å²) in [5.41, 5.74) is -0.346. The lowest BCUT2D eigenvalue weighted by atomic mass is 10.2. The monoisotopic (exact) mass is 284 g/mol. The van der Waals surface area contributed by atoms with Crippen molar-refractivity contribution in [2.24, 2.45) is 0 Å². The van der Waals surface area contributed by atoms with Gasteiger partial charge in [-0.05, 0) is 22.9 Å². The number of carbonyl (C=O) groups is 1. The van der Waals surface area contributed by atoms with Crippen LogP contribution in [0.5, 0.6) is 0 Å². The summed E-state index contributed by atoms with van der Waals surface area (Å²) in [6.07, 6.45) is 0. The van der Waals surface area contributed by atoms with Gasteiger partial charge in [-0.1, -0.05) is 0 Å². The van der Waals surface area contributed by atoms with Gasteiger partial charge in [0, 0.05) is 15.2 Å². The van der Waals surface area contributed by atoms with Crippen molar-refractivity contribution in [1.82, 2.24) is 0 Å². The highest BCUT2D eigenvalue weighted by Gasteiger charge is 2.44. The minimum Gasteiger partial charge on any atom is -0.461 e. The first-order chi connectivity index (χ1) is 6.50. The van der Waals surface area contributed by atoms with Gasteiger partial charge in [0.1, 0.15) is 0 Å². The van der Waals surface area contributed by atoms with Crippen molar-refractivity contribution in [1.29, 1.82) is 0 Å². The molecule has 0 aliphatic rings. The Labute approximate surface area is 92.0 Å². The Morgan fingerprint density at radius 1 is 1.64 bits per heavy atom. The molecule has 14 heavy (non-hydrogen) atoms. The van der Waals surface area contributed by atoms with Gasteiger partial charge in [-0.3, -0.25) is 0 Å². The zero-order valence-electron chi connectivity index (χ0n) is 7.22. The summed E-state index contributed by atoms with van der Waals surface area (Å²) in [7, 11) is 0. The Morgan fingerprint density at radius 3 is 2.71 bits per heavy atom. The molecule has 0 aromatic carbocycles. The number of rotatable bonds is 3. The summed E-state index contributed by atoms with van der Waals surface area (Å²) in [5.74, 6) is -5.09. The molecule has 0 aliphatic carbocycles. The topological polar surface area (TPSA) is 26.3 Å². The first-order valence-corrected chi connectivity index (χ1v) is 5.51. The first-order valence-electron chi connectivity index (χ1n) is 3.77. The van der Waals surface area contributed by atoms with Crippen LogP contribution in [-0.4, -0.2) is 12.6 Å². The van der Waals surface area contributed by atoms with Gasteiger partial charge in [-0.15, -0.1) is 0 Å². The van der Waals surface area contributed by atoms with E-state index in [4.69, 9.17) is 0 Å². The summed E-state index contributed by atoms with van der Waals surface area (Å²) in [4.78, 5) is 10.9. The Hall–Kier alpha value is -0.490. The number of esters is 1. The Bertz CT molecular complexity index is 338. The fraction of sp³-hybridized carbons (Fsp3) is 0.375. The summed E-state index contributed by atoms with van der Waals surface area (Å²) in [6.45, 7) is 1.42. The summed E-state index contributed by atoms with van der Waals surface area (Å²) < 4.78 is 31.2. The molecule has 0 saturated carbocycles. The number of carbonyl (C=O) groups excluding carboxylic acids is 1. The molecule has 0 N–H and O–H groups in total. The van der Waals surface area contributed by atoms with Gasteiger partial charge in [0.2, 0.25) is 0 Å². The van der Waals surface area contributed by atoms with Crippen LogP contribution in [0.1, 0.15) is 12.5 Å². The summed E-state index contributed by atoms with van der Waals surface area (Å²) in [6, 6.07) is 0. The van der Waals surface area contributed by atoms with Crippen molar-refractivity contribution in [3.63, 3.8) is 0 Å². The van der Waals surface area contributed by atoms with E-state index in [-0.39, 0.29) is 16.6 Å². The SMILES string of the molecule is CCOC(=O)C(F)(F)c1cscc1Br. The van der Waals surface area contributed by atoms with Gasteiger partial charge in [0.15, 0.2) is 0 Å². The molecule has 6 heteroatoms. The zero-order valence-corrected chi connectivity index (χ0v) is 9.62. The van der Waals surface area contributed by atoms with Crippen LogP contribution in [0.4, 0.5) is 8.78 Å². The van der Waals surface area contributed by atoms with Crippen LogP contribution in [0.25, 0.3) is 0 Å². The van der Waals surface area contributed by atoms with E-state index in [0.29, 0.717) is 0 Å². The molecule has 0 bridgehead atoms. The van der Waals surface area contributed by atoms with Crippen LogP contribution in [0.2, 0.25) is 0 Å². The highest BCUT2D eigenvalue weighted by atomic mass is 79.9. The molecule has 0 unspecified atom stereocenters. The average molecular weight is 285 g/mol. The summed E-state index contributed by atoms with van der Waals surface area (Å²) >= 11 is 4.04. The molecular weight excluding hydrogens is 278 g/mol. The van der Waals surface area contributed by atoms with E-state index in [0.717, 1.165) is 11.3 Å². The standard InChI is InChI=1S/C8H7BrF2O2S/c1-2-13-7(12)8(10,11)5-3-14-4-6(5)9/h3-4H,2H2,1H3. The number of thiophene rings is 1. The molecule has 0 saturated heterocycles. The molecule has 0 radical (unpaired) electrons. The first kappa shape index (κ1) is 11.6. The van der Waals surface area contributed by atoms with Crippen LogP contribution in [-0.2, 0) is 15.5 Å². The molecule has 0 atom stereocenters. The van der Waals surface area contributed by atoms with E-state index < -0.39 is 11.9 Å². The van der Waals surface area contributed by atoms with E-state index in [9.17, 15) is 13.6 Å². The molecule has 1 rings (SSSR count). The number of hydrogen-bond acceptors (Lipinski definition) is 3. The maximum absolute atomic E-state index is 13.3. The number of ether oxygens (including phenoxy) is 1. The highest BCUT2D eigenvalue weighted by Crippen LogP contribution is 2.36. The molecule has 0 amide bonds. The molecule has 1 aromatic heterocycles. The third kappa shape index (κ3) is 2.12. The maximum Gasteiger partial charge on any atom is 0.382 e. The van der Waals surface area contributed by atoms with Crippen LogP contribution >= 0.6 is 27.3 Å². The van der Waals surface area contributed by atoms with E-state index in [2.05, 4.69) is 20.7 Å². The summed E-state index contributed by atoms with van der Waals surface area (Å²) in [5, 5.41) is 2.71. The van der Waals surface area contributed by atoms with Crippen LogP contribution in [0.3, 0.4) is 0 Å². The van der Waals surface area contributed by atoms with E-state index >= 15 is 0 Å². The molecular formula is C8H7BrF2O2S. The lowest BCUT2D eigenvalue weighted by Crippen LogP contribution is -2.28. The van der Waals surface area contributed by atoms with Crippen molar-refractivity contribution >= 4 is 33.2 Å². The second kappa shape index (κ2) is 4.35. The van der Waals surface area contributed by atoms with Crippen LogP contribution in [0.15, 0.2) is 15.2 Å². The van der Waals surface area contributed by atoms with Crippen LogP contribution < -0.4 is 0 Å². The van der Waals surface area contributed by atoms with Crippen molar-refractivity contribution in [3.8, 4) is 0 Å². The fourth-order valence-electron chi connectivity index (χ4n) is 0.837. The Kier molecular flexibility index (Phi) is 3.60. The molecule has 0 fully saturated rings. The van der Waals surface area contributed by atoms with E-state index in [1.807, 2.05) is 0 Å². The Balaban J connectivity index is 2.95. The number of alkyl halides is 2. The quantitative estimate of drug-likeness (QED) is 0.797. The molecule has 1 heterocycles. The molecule has 1 aromatic rings. The second-order valence-electron chi connectivity index (χ2n) is 2.43. The van der Waals surface area contributed by atoms with Gasteiger partial charge < -0.3 is 4.74 Å². The highest BCUT2D eigenvalue weighted by molar-refractivity contribution is 9.10. The van der Waals surface area contributed by atoms with Gasteiger partial charge in [0.05, 0.1) is 12.2 Å². The van der Waals surface area contributed by atoms with Gasteiger partial charge >= 0.3 is 11.9 Å². The third-order valence-corrected chi connectivity index (χ3v) is 3.19. The average Bonchev–Trinajstić information content (AvgIpc) is 2.52. The molecule has 2 nitrogen and oxygen atoms in total. The van der Waals surface area contributed by atoms with Gasteiger partial charge in [0.25, 0.3) is 0 Å². The normalized spacial score (nSPS) is 11.4. The van der Waals surface area contributed by atoms with Gasteiger partial charge in [-0.25, -0.2) is 4.79 Å². The Morgan fingerprint density at radius 2 is 2.29 bits per heavy atom. The van der Waals surface area contributed by atoms with Crippen molar-refractivity contribution < 1.29 is 18.3 Å². The molecule has 0 spiro atoms. The van der Waals surface area contributed by atoms with E-state index in [1.54, 1.807) is 0 Å². The van der Waals surface area contributed by atoms with Gasteiger partial charge in [-0.2, -0.15) is 20.1 Å². The lowest BCUT2D eigenvalue weighted by Gasteiger charge is -2.13. The van der Waals surface area contributed by atoms with E-state index in [1.165, 1.54) is 17.7 Å². The minimum absolute atomic E-state index is 0.0593. The second-order valence-corrected chi connectivity index (χ2v) is 4.03. The largest absolute Gasteiger partial charge is 0.461 e. The number of hydrogen-bond donors (Lipinski definition) is 0. The molecule has 78 valence electrons. The minimum atomic E-state index is -3.57. The third-order valence-electron chi connectivity index (χ3n) is 1.48. The molecule has 0 aliphatic heterocycles. The van der Waals surface area contributed by atoms with Crippen molar-refractivity contribution in [2.45, 2.75) is 12.8 Å². The lowest BCUT2D eigenvalue weighted by molar-refractivity contribution is -0.173. The van der Waals surface area contributed by atoms with Crippen molar-refractivity contribution in [2.75, 3.05) is 6.61 Å². The smallest absolute Gasteiger partial charge is 0.382 e. The predicted molar refractivity (Wildman–Crippen MR) is 52.5 cm³/mol. The maximum atomic E-state index is 13.3. The zero-order chi connectivity index (χ0) is 10.8. The number of halogens is 3. The van der Waals surface area contributed by atoms with Crippen LogP contribution in [0, 0.1) is 0 Å².